The number of ether oxygens (including phenoxy) is 2. The molecule has 0 amide bonds. The lowest BCUT2D eigenvalue weighted by Gasteiger charge is -2.37. The van der Waals surface area contributed by atoms with Gasteiger partial charge in [0.1, 0.15) is 5.76 Å². The van der Waals surface area contributed by atoms with Gasteiger partial charge in [0.25, 0.3) is 0 Å². The summed E-state index contributed by atoms with van der Waals surface area (Å²) >= 11 is 0. The van der Waals surface area contributed by atoms with Crippen LogP contribution >= 0.6 is 0 Å². The molecule has 0 bridgehead atoms. The van der Waals surface area contributed by atoms with Crippen LogP contribution in [-0.4, -0.2) is 12.6 Å². The molecule has 0 saturated heterocycles. The third-order valence-electron chi connectivity index (χ3n) is 6.38. The first-order valence-corrected chi connectivity index (χ1v) is 10.2. The van der Waals surface area contributed by atoms with E-state index in [0.717, 1.165) is 24.0 Å². The maximum atomic E-state index is 12.9. The molecule has 0 N–H and O–H groups in total. The zero-order valence-corrected chi connectivity index (χ0v) is 16.8. The number of carbonyl (C=O) groups is 1. The quantitative estimate of drug-likeness (QED) is 0.539. The molecule has 1 aliphatic carbocycles. The highest BCUT2D eigenvalue weighted by Crippen LogP contribution is 2.71. The molecule has 1 fully saturated rings. The molecule has 29 heavy (non-hydrogen) atoms. The van der Waals surface area contributed by atoms with Gasteiger partial charge < -0.3 is 9.47 Å². The fourth-order valence-electron chi connectivity index (χ4n) is 5.08. The van der Waals surface area contributed by atoms with Gasteiger partial charge in [0.2, 0.25) is 0 Å². The van der Waals surface area contributed by atoms with E-state index in [1.165, 1.54) is 10.8 Å². The van der Waals surface area contributed by atoms with E-state index in [0.29, 0.717) is 17.9 Å². The normalized spacial score (nSPS) is 22.0. The molecule has 0 radical (unpaired) electrons. The van der Waals surface area contributed by atoms with Crippen molar-refractivity contribution < 1.29 is 14.3 Å². The fraction of sp³-hybridized carbons (Fsp3) is 0.269. The lowest BCUT2D eigenvalue weighted by atomic mass is 9.71. The largest absolute Gasteiger partial charge is 0.481 e. The Morgan fingerprint density at radius 3 is 2.31 bits per heavy atom. The molecule has 1 atom stereocenters. The van der Waals surface area contributed by atoms with Crippen LogP contribution in [0, 0.1) is 5.41 Å². The monoisotopic (exact) mass is 384 g/mol. The second-order valence-electron chi connectivity index (χ2n) is 7.94. The van der Waals surface area contributed by atoms with Crippen LogP contribution in [-0.2, 0) is 19.9 Å². The SMILES string of the molecule is CCOC(=O)C1=C(C)OC(c2ccccc2)(c2ccc3ccccc3c2)C12CC2. The lowest BCUT2D eigenvalue weighted by Crippen LogP contribution is -2.38. The molecule has 1 unspecified atom stereocenters. The average Bonchev–Trinajstić information content (AvgIpc) is 3.48. The predicted molar refractivity (Wildman–Crippen MR) is 113 cm³/mol. The van der Waals surface area contributed by atoms with Gasteiger partial charge in [0, 0.05) is 11.1 Å². The van der Waals surface area contributed by atoms with Crippen LogP contribution < -0.4 is 0 Å². The molecule has 1 spiro atoms. The van der Waals surface area contributed by atoms with E-state index in [9.17, 15) is 4.79 Å². The van der Waals surface area contributed by atoms with Gasteiger partial charge in [-0.2, -0.15) is 0 Å². The summed E-state index contributed by atoms with van der Waals surface area (Å²) in [4.78, 5) is 12.9. The zero-order valence-electron chi connectivity index (χ0n) is 16.8. The number of rotatable bonds is 4. The van der Waals surface area contributed by atoms with Crippen LogP contribution in [0.15, 0.2) is 84.1 Å². The maximum absolute atomic E-state index is 12.9. The minimum absolute atomic E-state index is 0.249. The Morgan fingerprint density at radius 2 is 1.62 bits per heavy atom. The molecule has 146 valence electrons. The second kappa shape index (κ2) is 6.48. The predicted octanol–water partition coefficient (Wildman–Crippen LogP) is 5.73. The number of carbonyl (C=O) groups excluding carboxylic acids is 1. The molecule has 3 nitrogen and oxygen atoms in total. The van der Waals surface area contributed by atoms with Gasteiger partial charge in [-0.15, -0.1) is 0 Å². The Labute approximate surface area is 171 Å². The molecule has 1 aliphatic heterocycles. The van der Waals surface area contributed by atoms with Gasteiger partial charge in [-0.25, -0.2) is 4.79 Å². The molecule has 5 rings (SSSR count). The van der Waals surface area contributed by atoms with Gasteiger partial charge in [-0.3, -0.25) is 0 Å². The second-order valence-corrected chi connectivity index (χ2v) is 7.94. The van der Waals surface area contributed by atoms with Crippen molar-refractivity contribution in [1.29, 1.82) is 0 Å². The number of hydrogen-bond acceptors (Lipinski definition) is 3. The topological polar surface area (TPSA) is 35.5 Å². The van der Waals surface area contributed by atoms with Crippen molar-refractivity contribution in [2.45, 2.75) is 32.3 Å². The first-order chi connectivity index (χ1) is 14.1. The van der Waals surface area contributed by atoms with Crippen LogP contribution in [0.4, 0.5) is 0 Å². The summed E-state index contributed by atoms with van der Waals surface area (Å²) in [6, 6.07) is 25.2. The van der Waals surface area contributed by atoms with Crippen LogP contribution in [0.5, 0.6) is 0 Å². The van der Waals surface area contributed by atoms with Crippen LogP contribution in [0.2, 0.25) is 0 Å². The Morgan fingerprint density at radius 1 is 0.931 bits per heavy atom. The Bertz CT molecular complexity index is 1120. The van der Waals surface area contributed by atoms with E-state index in [1.54, 1.807) is 0 Å². The van der Waals surface area contributed by atoms with Crippen molar-refractivity contribution in [1.82, 2.24) is 0 Å². The van der Waals surface area contributed by atoms with Crippen molar-refractivity contribution in [3.05, 3.63) is 95.3 Å². The number of benzene rings is 3. The Balaban J connectivity index is 1.75. The summed E-state index contributed by atoms with van der Waals surface area (Å²) in [6.45, 7) is 4.11. The van der Waals surface area contributed by atoms with Crippen LogP contribution in [0.25, 0.3) is 10.8 Å². The number of fused-ring (bicyclic) bond motifs is 1. The molecule has 1 heterocycles. The third kappa shape index (κ3) is 2.46. The van der Waals surface area contributed by atoms with Gasteiger partial charge in [0.15, 0.2) is 5.60 Å². The molecule has 3 heteroatoms. The number of allylic oxidation sites excluding steroid dienone is 1. The lowest BCUT2D eigenvalue weighted by molar-refractivity contribution is -0.139. The molecule has 1 saturated carbocycles. The zero-order chi connectivity index (χ0) is 20.1. The first kappa shape index (κ1) is 18.0. The first-order valence-electron chi connectivity index (χ1n) is 10.2. The van der Waals surface area contributed by atoms with E-state index in [2.05, 4.69) is 48.5 Å². The summed E-state index contributed by atoms with van der Waals surface area (Å²) in [6.07, 6.45) is 1.81. The van der Waals surface area contributed by atoms with E-state index in [1.807, 2.05) is 38.1 Å². The summed E-state index contributed by atoms with van der Waals surface area (Å²) in [5.74, 6) is 0.430. The molecular weight excluding hydrogens is 360 g/mol. The molecular formula is C26H24O3. The third-order valence-corrected chi connectivity index (χ3v) is 6.38. The molecule has 3 aromatic carbocycles. The van der Waals surface area contributed by atoms with Crippen LogP contribution in [0.3, 0.4) is 0 Å². The fourth-order valence-corrected chi connectivity index (χ4v) is 5.08. The highest BCUT2D eigenvalue weighted by molar-refractivity contribution is 5.93. The molecule has 0 aromatic heterocycles. The Kier molecular flexibility index (Phi) is 4.02. The van der Waals surface area contributed by atoms with E-state index in [4.69, 9.17) is 9.47 Å². The maximum Gasteiger partial charge on any atom is 0.338 e. The van der Waals surface area contributed by atoms with Crippen molar-refractivity contribution in [2.75, 3.05) is 6.61 Å². The highest BCUT2D eigenvalue weighted by Gasteiger charge is 2.70. The van der Waals surface area contributed by atoms with Gasteiger partial charge in [0.05, 0.1) is 17.6 Å². The van der Waals surface area contributed by atoms with Gasteiger partial charge >= 0.3 is 5.97 Å². The van der Waals surface area contributed by atoms with Gasteiger partial charge in [-0.05, 0) is 43.5 Å². The molecule has 2 aliphatic rings. The van der Waals surface area contributed by atoms with Crippen LogP contribution in [0.1, 0.15) is 37.8 Å². The highest BCUT2D eigenvalue weighted by atomic mass is 16.5. The standard InChI is InChI=1S/C26H24O3/c1-3-28-24(27)23-18(2)29-26(25(23)15-16-25,21-11-5-4-6-12-21)22-14-13-19-9-7-8-10-20(19)17-22/h4-14,17H,3,15-16H2,1-2H3. The molecule has 3 aromatic rings. The minimum Gasteiger partial charge on any atom is -0.481 e. The summed E-state index contributed by atoms with van der Waals surface area (Å²) < 4.78 is 12.1. The van der Waals surface area contributed by atoms with E-state index < -0.39 is 5.60 Å². The Hall–Kier alpha value is -3.07. The van der Waals surface area contributed by atoms with Gasteiger partial charge in [-0.1, -0.05) is 66.7 Å². The minimum atomic E-state index is -0.718. The summed E-state index contributed by atoms with van der Waals surface area (Å²) in [5.41, 5.74) is 1.76. The number of hydrogen-bond donors (Lipinski definition) is 0. The van der Waals surface area contributed by atoms with E-state index >= 15 is 0 Å². The van der Waals surface area contributed by atoms with Crippen molar-refractivity contribution in [3.63, 3.8) is 0 Å². The van der Waals surface area contributed by atoms with E-state index in [-0.39, 0.29) is 11.4 Å². The average molecular weight is 384 g/mol. The van der Waals surface area contributed by atoms with Crippen molar-refractivity contribution >= 4 is 16.7 Å². The smallest absolute Gasteiger partial charge is 0.338 e. The summed E-state index contributed by atoms with van der Waals surface area (Å²) in [7, 11) is 0. The van der Waals surface area contributed by atoms with Crippen molar-refractivity contribution in [3.8, 4) is 0 Å². The van der Waals surface area contributed by atoms with Crippen molar-refractivity contribution in [2.24, 2.45) is 5.41 Å². The number of esters is 1. The summed E-state index contributed by atoms with van der Waals surface area (Å²) in [5, 5.41) is 2.36.